The zero-order valence-corrected chi connectivity index (χ0v) is 20.1. The molecule has 0 spiro atoms. The molecule has 2 aliphatic heterocycles. The molecule has 0 aliphatic carbocycles. The molecule has 2 aromatic rings. The maximum atomic E-state index is 13.6. The van der Waals surface area contributed by atoms with Gasteiger partial charge in [-0.3, -0.25) is 18.9 Å². The van der Waals surface area contributed by atoms with Crippen LogP contribution in [0.3, 0.4) is 0 Å². The lowest BCUT2D eigenvalue weighted by Crippen LogP contribution is -2.40. The van der Waals surface area contributed by atoms with E-state index in [4.69, 9.17) is 17.2 Å². The topological polar surface area (TPSA) is 57.9 Å². The molecular formula is C23H28N4O2S2. The van der Waals surface area contributed by atoms with Gasteiger partial charge in [-0.1, -0.05) is 50.8 Å². The number of nitrogens with zero attached hydrogens (tertiary/aromatic N) is 4. The van der Waals surface area contributed by atoms with Crippen molar-refractivity contribution in [2.45, 2.75) is 40.5 Å². The third kappa shape index (κ3) is 4.28. The van der Waals surface area contributed by atoms with Gasteiger partial charge in [0.25, 0.3) is 11.5 Å². The van der Waals surface area contributed by atoms with Gasteiger partial charge < -0.3 is 4.90 Å². The predicted octanol–water partition coefficient (Wildman–Crippen LogP) is 4.10. The van der Waals surface area contributed by atoms with Crippen molar-refractivity contribution in [1.82, 2.24) is 14.3 Å². The normalized spacial score (nSPS) is 23.4. The Morgan fingerprint density at radius 2 is 1.94 bits per heavy atom. The number of hydrogen-bond donors (Lipinski definition) is 0. The van der Waals surface area contributed by atoms with Gasteiger partial charge in [0, 0.05) is 25.8 Å². The fraction of sp³-hybridized carbons (Fsp3) is 0.478. The first-order chi connectivity index (χ1) is 14.8. The number of carbonyl (C=O) groups excluding carboxylic acids is 1. The molecule has 2 atom stereocenters. The summed E-state index contributed by atoms with van der Waals surface area (Å²) < 4.78 is 2.12. The van der Waals surface area contributed by atoms with Crippen molar-refractivity contribution >= 4 is 51.7 Å². The summed E-state index contributed by atoms with van der Waals surface area (Å²) >= 11 is 6.67. The van der Waals surface area contributed by atoms with Crippen LogP contribution in [-0.2, 0) is 4.79 Å². The summed E-state index contributed by atoms with van der Waals surface area (Å²) in [6, 6.07) is 3.84. The minimum atomic E-state index is -0.157. The van der Waals surface area contributed by atoms with Crippen molar-refractivity contribution in [3.63, 3.8) is 0 Å². The SMILES string of the molecule is CCCN1C(=O)/C(=C/c2c(N3C[C@@H](C)C[C@H](C)C3)nc3ccc(C)cn3c2=O)SC1=S. The Hall–Kier alpha value is -2.19. The second-order valence-electron chi connectivity index (χ2n) is 8.77. The first-order valence-corrected chi connectivity index (χ1v) is 12.0. The summed E-state index contributed by atoms with van der Waals surface area (Å²) in [6.45, 7) is 10.7. The van der Waals surface area contributed by atoms with Crippen LogP contribution in [0.1, 0.15) is 44.7 Å². The lowest BCUT2D eigenvalue weighted by atomic mass is 9.91. The molecule has 0 aromatic carbocycles. The molecule has 164 valence electrons. The molecule has 0 unspecified atom stereocenters. The third-order valence-electron chi connectivity index (χ3n) is 5.75. The number of carbonyl (C=O) groups is 1. The fourth-order valence-electron chi connectivity index (χ4n) is 4.50. The van der Waals surface area contributed by atoms with E-state index in [-0.39, 0.29) is 11.5 Å². The smallest absolute Gasteiger partial charge is 0.267 e. The second-order valence-corrected chi connectivity index (χ2v) is 10.4. The molecule has 4 rings (SSSR count). The predicted molar refractivity (Wildman–Crippen MR) is 132 cm³/mol. The van der Waals surface area contributed by atoms with Crippen LogP contribution in [0.15, 0.2) is 28.0 Å². The Balaban J connectivity index is 1.88. The summed E-state index contributed by atoms with van der Waals surface area (Å²) in [5, 5.41) is 0. The van der Waals surface area contributed by atoms with E-state index >= 15 is 0 Å². The van der Waals surface area contributed by atoms with Crippen LogP contribution in [0.25, 0.3) is 11.7 Å². The van der Waals surface area contributed by atoms with Crippen LogP contribution >= 0.6 is 24.0 Å². The van der Waals surface area contributed by atoms with Gasteiger partial charge in [0.2, 0.25) is 0 Å². The van der Waals surface area contributed by atoms with E-state index in [1.54, 1.807) is 21.6 Å². The molecule has 6 nitrogen and oxygen atoms in total. The van der Waals surface area contributed by atoms with E-state index in [1.165, 1.54) is 11.8 Å². The van der Waals surface area contributed by atoms with Crippen molar-refractivity contribution in [3.05, 3.63) is 44.7 Å². The third-order valence-corrected chi connectivity index (χ3v) is 7.13. The fourth-order valence-corrected chi connectivity index (χ4v) is 5.79. The first-order valence-electron chi connectivity index (χ1n) is 10.8. The summed E-state index contributed by atoms with van der Waals surface area (Å²) in [5.41, 5.74) is 1.90. The average molecular weight is 457 g/mol. The van der Waals surface area contributed by atoms with E-state index in [1.807, 2.05) is 26.0 Å². The lowest BCUT2D eigenvalue weighted by Gasteiger charge is -2.36. The van der Waals surface area contributed by atoms with Crippen LogP contribution in [0, 0.1) is 18.8 Å². The van der Waals surface area contributed by atoms with Gasteiger partial charge in [0.05, 0.1) is 10.5 Å². The number of thioether (sulfide) groups is 1. The van der Waals surface area contributed by atoms with Crippen LogP contribution < -0.4 is 10.5 Å². The maximum Gasteiger partial charge on any atom is 0.267 e. The number of thiocarbonyl (C=S) groups is 1. The van der Waals surface area contributed by atoms with E-state index < -0.39 is 0 Å². The Bertz CT molecular complexity index is 1130. The monoisotopic (exact) mass is 456 g/mol. The van der Waals surface area contributed by atoms with Crippen LogP contribution in [0.2, 0.25) is 0 Å². The second kappa shape index (κ2) is 8.74. The minimum absolute atomic E-state index is 0.128. The minimum Gasteiger partial charge on any atom is -0.355 e. The highest BCUT2D eigenvalue weighted by atomic mass is 32.2. The molecule has 2 fully saturated rings. The molecule has 2 saturated heterocycles. The molecule has 1 amide bonds. The number of pyridine rings is 1. The van der Waals surface area contributed by atoms with Gasteiger partial charge in [0.1, 0.15) is 15.8 Å². The van der Waals surface area contributed by atoms with E-state index in [0.29, 0.717) is 44.6 Å². The summed E-state index contributed by atoms with van der Waals surface area (Å²) in [4.78, 5) is 35.7. The number of hydrogen-bond acceptors (Lipinski definition) is 6. The van der Waals surface area contributed by atoms with Crippen molar-refractivity contribution in [2.24, 2.45) is 11.8 Å². The molecule has 0 radical (unpaired) electrons. The molecule has 2 aliphatic rings. The van der Waals surface area contributed by atoms with Gasteiger partial charge in [0.15, 0.2) is 0 Å². The number of aromatic nitrogens is 2. The zero-order valence-electron chi connectivity index (χ0n) is 18.4. The molecule has 0 bridgehead atoms. The number of rotatable bonds is 4. The highest BCUT2D eigenvalue weighted by Gasteiger charge is 2.33. The largest absolute Gasteiger partial charge is 0.355 e. The van der Waals surface area contributed by atoms with Gasteiger partial charge in [-0.15, -0.1) is 0 Å². The van der Waals surface area contributed by atoms with Crippen molar-refractivity contribution in [2.75, 3.05) is 24.5 Å². The molecule has 2 aromatic heterocycles. The van der Waals surface area contributed by atoms with E-state index in [0.717, 1.165) is 31.5 Å². The van der Waals surface area contributed by atoms with E-state index in [2.05, 4.69) is 18.7 Å². The quantitative estimate of drug-likeness (QED) is 0.510. The molecule has 31 heavy (non-hydrogen) atoms. The van der Waals surface area contributed by atoms with Crippen LogP contribution in [0.4, 0.5) is 5.82 Å². The standard InChI is InChI=1S/C23H28N4O2S2/c1-5-8-26-22(29)18(31-23(26)30)10-17-20(25-11-15(3)9-16(4)12-25)24-19-7-6-14(2)13-27(19)21(17)28/h6-7,10,13,15-16H,5,8-9,11-12H2,1-4H3/b18-10-/t15-,16-/m0/s1. The highest BCUT2D eigenvalue weighted by Crippen LogP contribution is 2.34. The van der Waals surface area contributed by atoms with Gasteiger partial charge in [-0.25, -0.2) is 4.98 Å². The highest BCUT2D eigenvalue weighted by molar-refractivity contribution is 8.26. The number of anilines is 1. The van der Waals surface area contributed by atoms with Gasteiger partial charge in [-0.05, 0) is 49.3 Å². The summed E-state index contributed by atoms with van der Waals surface area (Å²) in [6.07, 6.45) is 5.50. The number of aryl methyl sites for hydroxylation is 1. The molecule has 0 N–H and O–H groups in total. The van der Waals surface area contributed by atoms with Gasteiger partial charge >= 0.3 is 0 Å². The van der Waals surface area contributed by atoms with Gasteiger partial charge in [-0.2, -0.15) is 0 Å². The maximum absolute atomic E-state index is 13.6. The Morgan fingerprint density at radius 3 is 2.61 bits per heavy atom. The first kappa shape index (κ1) is 22.0. The van der Waals surface area contributed by atoms with Crippen molar-refractivity contribution in [1.29, 1.82) is 0 Å². The molecular weight excluding hydrogens is 428 g/mol. The number of piperidine rings is 1. The Kier molecular flexibility index (Phi) is 6.21. The van der Waals surface area contributed by atoms with Crippen molar-refractivity contribution < 1.29 is 4.79 Å². The number of amides is 1. The van der Waals surface area contributed by atoms with Crippen molar-refractivity contribution in [3.8, 4) is 0 Å². The molecule has 8 heteroatoms. The Labute approximate surface area is 192 Å². The average Bonchev–Trinajstić information content (AvgIpc) is 2.97. The van der Waals surface area contributed by atoms with E-state index in [9.17, 15) is 9.59 Å². The zero-order chi connectivity index (χ0) is 22.3. The number of fused-ring (bicyclic) bond motifs is 1. The molecule has 4 heterocycles. The molecule has 0 saturated carbocycles. The Morgan fingerprint density at radius 1 is 1.23 bits per heavy atom. The van der Waals surface area contributed by atoms with Crippen LogP contribution in [0.5, 0.6) is 0 Å². The summed E-state index contributed by atoms with van der Waals surface area (Å²) in [7, 11) is 0. The lowest BCUT2D eigenvalue weighted by molar-refractivity contribution is -0.122. The summed E-state index contributed by atoms with van der Waals surface area (Å²) in [5.74, 6) is 1.56. The van der Waals surface area contributed by atoms with Crippen LogP contribution in [-0.4, -0.2) is 44.1 Å².